The van der Waals surface area contributed by atoms with Gasteiger partial charge in [-0.2, -0.15) is 0 Å². The van der Waals surface area contributed by atoms with Crippen LogP contribution in [0.15, 0.2) is 83.4 Å². The molecule has 0 saturated heterocycles. The molecule has 27 heavy (non-hydrogen) atoms. The van der Waals surface area contributed by atoms with E-state index in [1.54, 1.807) is 12.1 Å². The Hall–Kier alpha value is -3.08. The zero-order valence-electron chi connectivity index (χ0n) is 14.3. The lowest BCUT2D eigenvalue weighted by atomic mass is 10.0. The minimum Gasteiger partial charge on any atom is -0.457 e. The number of aliphatic hydroxyl groups is 1. The van der Waals surface area contributed by atoms with Crippen molar-refractivity contribution >= 4 is 11.6 Å². The summed E-state index contributed by atoms with van der Waals surface area (Å²) in [5, 5.41) is 14.7. The first-order chi connectivity index (χ1) is 13.2. The molecule has 1 aromatic heterocycles. The van der Waals surface area contributed by atoms with Gasteiger partial charge in [-0.05, 0) is 36.4 Å². The Kier molecular flexibility index (Phi) is 4.92. The molecule has 0 unspecified atom stereocenters. The highest BCUT2D eigenvalue weighted by Crippen LogP contribution is 2.35. The van der Waals surface area contributed by atoms with Gasteiger partial charge in [0.15, 0.2) is 5.76 Å². The summed E-state index contributed by atoms with van der Waals surface area (Å²) < 4.78 is 11.4. The van der Waals surface area contributed by atoms with E-state index >= 15 is 0 Å². The number of hydrogen-bond acceptors (Lipinski definition) is 4. The van der Waals surface area contributed by atoms with E-state index in [9.17, 15) is 5.11 Å². The van der Waals surface area contributed by atoms with Crippen molar-refractivity contribution in [2.24, 2.45) is 0 Å². The quantitative estimate of drug-likeness (QED) is 0.467. The molecule has 0 saturated carbocycles. The van der Waals surface area contributed by atoms with Gasteiger partial charge in [0.25, 0.3) is 0 Å². The fraction of sp³-hybridized carbons (Fsp3) is 0.0455. The second-order valence-electron chi connectivity index (χ2n) is 5.95. The Balaban J connectivity index is 1.71. The number of benzene rings is 3. The van der Waals surface area contributed by atoms with Crippen molar-refractivity contribution in [1.29, 1.82) is 0 Å². The fourth-order valence-electron chi connectivity index (χ4n) is 2.87. The van der Waals surface area contributed by atoms with E-state index < -0.39 is 0 Å². The van der Waals surface area contributed by atoms with Crippen molar-refractivity contribution in [3.05, 3.63) is 89.4 Å². The third-order valence-electron chi connectivity index (χ3n) is 4.12. The molecule has 5 heteroatoms. The largest absolute Gasteiger partial charge is 0.457 e. The maximum Gasteiger partial charge on any atom is 0.173 e. The van der Waals surface area contributed by atoms with Gasteiger partial charge < -0.3 is 14.4 Å². The van der Waals surface area contributed by atoms with E-state index in [1.807, 2.05) is 66.7 Å². The van der Waals surface area contributed by atoms with E-state index in [2.05, 4.69) is 5.16 Å². The molecule has 0 bridgehead atoms. The molecular formula is C22H16ClNO3. The number of halogens is 1. The highest BCUT2D eigenvalue weighted by atomic mass is 35.5. The molecule has 0 amide bonds. The lowest BCUT2D eigenvalue weighted by Crippen LogP contribution is -1.90. The van der Waals surface area contributed by atoms with Gasteiger partial charge in [-0.15, -0.1) is 0 Å². The number of aromatic nitrogens is 1. The lowest BCUT2D eigenvalue weighted by molar-refractivity contribution is 0.281. The van der Waals surface area contributed by atoms with Crippen molar-refractivity contribution in [3.8, 4) is 34.1 Å². The predicted octanol–water partition coefficient (Wildman–Crippen LogP) is 5.95. The zero-order chi connectivity index (χ0) is 18.6. The lowest BCUT2D eigenvalue weighted by Gasteiger charge is -2.07. The van der Waals surface area contributed by atoms with E-state index in [1.165, 1.54) is 0 Å². The number of aliphatic hydroxyl groups excluding tert-OH is 1. The molecule has 0 fully saturated rings. The number of rotatable bonds is 5. The second-order valence-corrected chi connectivity index (χ2v) is 6.39. The topological polar surface area (TPSA) is 55.5 Å². The zero-order valence-corrected chi connectivity index (χ0v) is 15.1. The number of ether oxygens (including phenoxy) is 1. The van der Waals surface area contributed by atoms with Crippen LogP contribution in [0.2, 0.25) is 5.02 Å². The average Bonchev–Trinajstić information content (AvgIpc) is 3.13. The van der Waals surface area contributed by atoms with Gasteiger partial charge in [0.05, 0.1) is 12.2 Å². The van der Waals surface area contributed by atoms with Gasteiger partial charge in [-0.3, -0.25) is 0 Å². The van der Waals surface area contributed by atoms with Crippen LogP contribution >= 0.6 is 11.6 Å². The van der Waals surface area contributed by atoms with Crippen LogP contribution in [0.3, 0.4) is 0 Å². The molecule has 4 rings (SSSR count). The van der Waals surface area contributed by atoms with Crippen LogP contribution in [0.4, 0.5) is 0 Å². The Morgan fingerprint density at radius 3 is 2.37 bits per heavy atom. The summed E-state index contributed by atoms with van der Waals surface area (Å²) in [6, 6.07) is 24.3. The SMILES string of the molecule is OCc1c(-c2cccc(Oc3ccccc3)c2)noc1-c1cccc(Cl)c1. The summed E-state index contributed by atoms with van der Waals surface area (Å²) in [5.41, 5.74) is 2.74. The van der Waals surface area contributed by atoms with Crippen LogP contribution in [-0.2, 0) is 6.61 Å². The molecule has 134 valence electrons. The average molecular weight is 378 g/mol. The number of hydrogen-bond donors (Lipinski definition) is 1. The smallest absolute Gasteiger partial charge is 0.173 e. The van der Waals surface area contributed by atoms with E-state index in [0.29, 0.717) is 27.8 Å². The third kappa shape index (κ3) is 3.72. The fourth-order valence-corrected chi connectivity index (χ4v) is 3.06. The van der Waals surface area contributed by atoms with Crippen LogP contribution in [0, 0.1) is 0 Å². The first-order valence-electron chi connectivity index (χ1n) is 8.43. The Labute approximate surface area is 161 Å². The molecular weight excluding hydrogens is 362 g/mol. The Morgan fingerprint density at radius 1 is 0.852 bits per heavy atom. The number of para-hydroxylation sites is 1. The van der Waals surface area contributed by atoms with Gasteiger partial charge in [-0.25, -0.2) is 0 Å². The Bertz CT molecular complexity index is 1060. The molecule has 4 nitrogen and oxygen atoms in total. The summed E-state index contributed by atoms with van der Waals surface area (Å²) in [6.45, 7) is -0.204. The molecule has 0 atom stereocenters. The highest BCUT2D eigenvalue weighted by molar-refractivity contribution is 6.30. The summed E-state index contributed by atoms with van der Waals surface area (Å²) in [7, 11) is 0. The van der Waals surface area contributed by atoms with Gasteiger partial charge in [-0.1, -0.05) is 59.2 Å². The molecule has 3 aromatic carbocycles. The maximum atomic E-state index is 9.92. The van der Waals surface area contributed by atoms with E-state index in [0.717, 1.165) is 16.9 Å². The summed E-state index contributed by atoms with van der Waals surface area (Å²) in [5.74, 6) is 1.93. The van der Waals surface area contributed by atoms with Gasteiger partial charge in [0.2, 0.25) is 0 Å². The monoisotopic (exact) mass is 377 g/mol. The molecule has 1 heterocycles. The molecule has 0 aliphatic carbocycles. The minimum atomic E-state index is -0.204. The summed E-state index contributed by atoms with van der Waals surface area (Å²) >= 11 is 6.07. The first-order valence-corrected chi connectivity index (χ1v) is 8.81. The van der Waals surface area contributed by atoms with Crippen LogP contribution in [-0.4, -0.2) is 10.3 Å². The van der Waals surface area contributed by atoms with Crippen molar-refractivity contribution in [1.82, 2.24) is 5.16 Å². The number of nitrogens with zero attached hydrogens (tertiary/aromatic N) is 1. The normalized spacial score (nSPS) is 10.7. The van der Waals surface area contributed by atoms with Crippen LogP contribution in [0.5, 0.6) is 11.5 Å². The third-order valence-corrected chi connectivity index (χ3v) is 4.35. The summed E-state index contributed by atoms with van der Waals surface area (Å²) in [6.07, 6.45) is 0. The van der Waals surface area contributed by atoms with Crippen molar-refractivity contribution in [3.63, 3.8) is 0 Å². The molecule has 4 aromatic rings. The Morgan fingerprint density at radius 2 is 1.59 bits per heavy atom. The van der Waals surface area contributed by atoms with Crippen LogP contribution < -0.4 is 4.74 Å². The van der Waals surface area contributed by atoms with Crippen LogP contribution in [0.25, 0.3) is 22.6 Å². The molecule has 0 aliphatic heterocycles. The highest BCUT2D eigenvalue weighted by Gasteiger charge is 2.19. The predicted molar refractivity (Wildman–Crippen MR) is 105 cm³/mol. The van der Waals surface area contributed by atoms with Gasteiger partial charge in [0, 0.05) is 16.1 Å². The molecule has 0 spiro atoms. The van der Waals surface area contributed by atoms with Crippen molar-refractivity contribution in [2.75, 3.05) is 0 Å². The van der Waals surface area contributed by atoms with Gasteiger partial charge in [0.1, 0.15) is 17.2 Å². The van der Waals surface area contributed by atoms with E-state index in [4.69, 9.17) is 20.9 Å². The molecule has 0 aliphatic rings. The van der Waals surface area contributed by atoms with Crippen LogP contribution in [0.1, 0.15) is 5.56 Å². The van der Waals surface area contributed by atoms with Gasteiger partial charge >= 0.3 is 0 Å². The second kappa shape index (κ2) is 7.66. The van der Waals surface area contributed by atoms with E-state index in [-0.39, 0.29) is 6.61 Å². The first kappa shape index (κ1) is 17.3. The standard InChI is InChI=1S/C22H16ClNO3/c23-17-8-4-7-16(12-17)22-20(14-25)21(24-27-22)15-6-5-11-19(13-15)26-18-9-2-1-3-10-18/h1-13,25H,14H2. The molecule has 0 radical (unpaired) electrons. The van der Waals surface area contributed by atoms with Crippen molar-refractivity contribution < 1.29 is 14.4 Å². The maximum absolute atomic E-state index is 9.92. The minimum absolute atomic E-state index is 0.204. The summed E-state index contributed by atoms with van der Waals surface area (Å²) in [4.78, 5) is 0. The van der Waals surface area contributed by atoms with Crippen molar-refractivity contribution in [2.45, 2.75) is 6.61 Å². The molecule has 1 N–H and O–H groups in total.